The van der Waals surface area contributed by atoms with E-state index in [0.717, 1.165) is 23.8 Å². The molecule has 1 saturated heterocycles. The molecule has 1 aromatic rings. The number of carbonyl (C=O) groups excluding carboxylic acids is 3. The lowest BCUT2D eigenvalue weighted by Crippen LogP contribution is -2.51. The molecule has 3 aliphatic rings. The maximum absolute atomic E-state index is 13.1. The van der Waals surface area contributed by atoms with E-state index in [1.165, 1.54) is 25.7 Å². The van der Waals surface area contributed by atoms with Gasteiger partial charge in [0.1, 0.15) is 6.04 Å². The summed E-state index contributed by atoms with van der Waals surface area (Å²) in [5, 5.41) is 6.06. The summed E-state index contributed by atoms with van der Waals surface area (Å²) in [5.74, 6) is -0.385. The zero-order valence-corrected chi connectivity index (χ0v) is 17.9. The molecule has 0 radical (unpaired) electrons. The second-order valence-corrected chi connectivity index (χ2v) is 9.05. The summed E-state index contributed by atoms with van der Waals surface area (Å²) in [4.78, 5) is 39.6. The molecule has 6 nitrogen and oxygen atoms in total. The van der Waals surface area contributed by atoms with E-state index in [1.54, 1.807) is 12.1 Å². The fourth-order valence-electron chi connectivity index (χ4n) is 5.35. The van der Waals surface area contributed by atoms with Crippen LogP contribution in [-0.4, -0.2) is 35.2 Å². The number of nitrogens with one attached hydrogen (secondary N) is 2. The van der Waals surface area contributed by atoms with Crippen molar-refractivity contribution in [2.75, 3.05) is 11.9 Å². The number of fused-ring (bicyclic) bond motifs is 1. The fourth-order valence-corrected chi connectivity index (χ4v) is 5.35. The lowest BCUT2D eigenvalue weighted by molar-refractivity contribution is -0.125. The molecule has 6 heteroatoms. The molecule has 0 aromatic heterocycles. The maximum Gasteiger partial charge on any atom is 0.264 e. The Morgan fingerprint density at radius 3 is 2.57 bits per heavy atom. The highest BCUT2D eigenvalue weighted by atomic mass is 16.2. The first kappa shape index (κ1) is 20.6. The van der Waals surface area contributed by atoms with E-state index in [2.05, 4.69) is 31.1 Å². The number of amides is 3. The van der Waals surface area contributed by atoms with Gasteiger partial charge in [-0.1, -0.05) is 39.3 Å². The van der Waals surface area contributed by atoms with Gasteiger partial charge >= 0.3 is 0 Å². The smallest absolute Gasteiger partial charge is 0.264 e. The highest BCUT2D eigenvalue weighted by Gasteiger charge is 2.45. The zero-order valence-electron chi connectivity index (χ0n) is 17.9. The van der Waals surface area contributed by atoms with Crippen molar-refractivity contribution in [1.82, 2.24) is 10.2 Å². The first-order valence-electron chi connectivity index (χ1n) is 11.1. The first-order chi connectivity index (χ1) is 14.4. The minimum absolute atomic E-state index is 0.337. The number of carbonyl (C=O) groups is 3. The Morgan fingerprint density at radius 2 is 1.90 bits per heavy atom. The van der Waals surface area contributed by atoms with Crippen molar-refractivity contribution in [3.63, 3.8) is 0 Å². The van der Waals surface area contributed by atoms with Crippen LogP contribution in [0.3, 0.4) is 0 Å². The van der Waals surface area contributed by atoms with Gasteiger partial charge in [0.05, 0.1) is 11.1 Å². The lowest BCUT2D eigenvalue weighted by Gasteiger charge is -2.47. The summed E-state index contributed by atoms with van der Waals surface area (Å²) in [6.07, 6.45) is 7.08. The van der Waals surface area contributed by atoms with Crippen molar-refractivity contribution in [2.24, 2.45) is 11.3 Å². The molecule has 1 atom stereocenters. The van der Waals surface area contributed by atoms with Crippen LogP contribution in [0.25, 0.3) is 0 Å². The van der Waals surface area contributed by atoms with E-state index in [-0.39, 0.29) is 17.7 Å². The van der Waals surface area contributed by atoms with Crippen molar-refractivity contribution in [2.45, 2.75) is 64.8 Å². The number of hydrogen-bond donors (Lipinski definition) is 2. The Bertz CT molecular complexity index is 895. The number of nitrogens with zero attached hydrogens (tertiary/aromatic N) is 1. The molecule has 2 aliphatic heterocycles. The molecular formula is C24H31N3O3. The summed E-state index contributed by atoms with van der Waals surface area (Å²) in [5.41, 5.74) is 2.62. The number of rotatable bonds is 7. The molecule has 30 heavy (non-hydrogen) atoms. The normalized spacial score (nSPS) is 23.3. The second kappa shape index (κ2) is 7.89. The average molecular weight is 410 g/mol. The van der Waals surface area contributed by atoms with Crippen molar-refractivity contribution >= 4 is 23.4 Å². The monoisotopic (exact) mass is 409 g/mol. The second-order valence-electron chi connectivity index (χ2n) is 9.05. The molecule has 1 aromatic carbocycles. The Kier molecular flexibility index (Phi) is 5.43. The summed E-state index contributed by atoms with van der Waals surface area (Å²) < 4.78 is 0. The van der Waals surface area contributed by atoms with E-state index in [9.17, 15) is 14.4 Å². The summed E-state index contributed by atoms with van der Waals surface area (Å²) in [6.45, 7) is 9.10. The Hall–Kier alpha value is -2.63. The number of hydrogen-bond acceptors (Lipinski definition) is 4. The van der Waals surface area contributed by atoms with Crippen LogP contribution >= 0.6 is 0 Å². The number of anilines is 1. The molecule has 160 valence electrons. The quantitative estimate of drug-likeness (QED) is 0.665. The standard InChI is InChI=1S/C24H31N3O3/c1-4-24(5-2)13-16(14-24)11-12-25-18-8-6-7-17-20(18)23(30)27(22(17)29)19-10-9-15(3)26-21(19)28/h6-8,16,19,25H,3-5,9-14H2,1-2H3,(H,26,28). The van der Waals surface area contributed by atoms with Gasteiger partial charge in [0.15, 0.2) is 0 Å². The predicted octanol–water partition coefficient (Wildman–Crippen LogP) is 4.09. The van der Waals surface area contributed by atoms with Gasteiger partial charge in [0.2, 0.25) is 5.91 Å². The zero-order chi connectivity index (χ0) is 21.5. The molecule has 0 bridgehead atoms. The van der Waals surface area contributed by atoms with Gasteiger partial charge in [-0.15, -0.1) is 0 Å². The highest BCUT2D eigenvalue weighted by molar-refractivity contribution is 6.25. The van der Waals surface area contributed by atoms with Crippen LogP contribution < -0.4 is 10.6 Å². The van der Waals surface area contributed by atoms with Gasteiger partial charge in [-0.2, -0.15) is 0 Å². The Morgan fingerprint density at radius 1 is 1.17 bits per heavy atom. The summed E-state index contributed by atoms with van der Waals surface area (Å²) in [6, 6.07) is 4.53. The fraction of sp³-hybridized carbons (Fsp3) is 0.542. The topological polar surface area (TPSA) is 78.5 Å². The average Bonchev–Trinajstić information content (AvgIpc) is 2.95. The molecule has 2 N–H and O–H groups in total. The number of piperidine rings is 1. The molecular weight excluding hydrogens is 378 g/mol. The van der Waals surface area contributed by atoms with Crippen molar-refractivity contribution < 1.29 is 14.4 Å². The summed E-state index contributed by atoms with van der Waals surface area (Å²) >= 11 is 0. The molecule has 1 aliphatic carbocycles. The van der Waals surface area contributed by atoms with Crippen LogP contribution in [0, 0.1) is 11.3 Å². The van der Waals surface area contributed by atoms with E-state index in [4.69, 9.17) is 0 Å². The van der Waals surface area contributed by atoms with Crippen LogP contribution in [0.4, 0.5) is 5.69 Å². The third kappa shape index (κ3) is 3.42. The Balaban J connectivity index is 1.43. The van der Waals surface area contributed by atoms with Gasteiger partial charge in [-0.25, -0.2) is 0 Å². The van der Waals surface area contributed by atoms with Crippen LogP contribution in [-0.2, 0) is 4.79 Å². The lowest BCUT2D eigenvalue weighted by atomic mass is 9.58. The van der Waals surface area contributed by atoms with Gasteiger partial charge in [-0.05, 0) is 55.6 Å². The van der Waals surface area contributed by atoms with Crippen LogP contribution in [0.2, 0.25) is 0 Å². The molecule has 1 saturated carbocycles. The third-order valence-electron chi connectivity index (χ3n) is 7.39. The van der Waals surface area contributed by atoms with Crippen molar-refractivity contribution in [1.29, 1.82) is 0 Å². The van der Waals surface area contributed by atoms with Gasteiger partial charge in [0, 0.05) is 17.9 Å². The summed E-state index contributed by atoms with van der Waals surface area (Å²) in [7, 11) is 0. The molecule has 3 amide bonds. The van der Waals surface area contributed by atoms with E-state index in [0.29, 0.717) is 40.8 Å². The van der Waals surface area contributed by atoms with Crippen LogP contribution in [0.5, 0.6) is 0 Å². The number of benzene rings is 1. The minimum atomic E-state index is -0.776. The van der Waals surface area contributed by atoms with Crippen molar-refractivity contribution in [3.8, 4) is 0 Å². The molecule has 0 spiro atoms. The van der Waals surface area contributed by atoms with Gasteiger partial charge in [0.25, 0.3) is 11.8 Å². The molecule has 2 fully saturated rings. The number of allylic oxidation sites excluding steroid dienone is 1. The SMILES string of the molecule is C=C1CCC(N2C(=O)c3cccc(NCCC4CC(CC)(CC)C4)c3C2=O)C(=O)N1. The molecule has 4 rings (SSSR count). The van der Waals surface area contributed by atoms with Crippen LogP contribution in [0.1, 0.15) is 79.5 Å². The molecule has 1 unspecified atom stereocenters. The van der Waals surface area contributed by atoms with Gasteiger partial charge in [-0.3, -0.25) is 19.3 Å². The molecule has 2 heterocycles. The van der Waals surface area contributed by atoms with Crippen molar-refractivity contribution in [3.05, 3.63) is 41.6 Å². The minimum Gasteiger partial charge on any atom is -0.384 e. The van der Waals surface area contributed by atoms with E-state index >= 15 is 0 Å². The number of imide groups is 1. The third-order valence-corrected chi connectivity index (χ3v) is 7.39. The first-order valence-corrected chi connectivity index (χ1v) is 11.1. The highest BCUT2D eigenvalue weighted by Crippen LogP contribution is 2.51. The van der Waals surface area contributed by atoms with Crippen LogP contribution in [0.15, 0.2) is 30.5 Å². The van der Waals surface area contributed by atoms with Gasteiger partial charge < -0.3 is 10.6 Å². The largest absolute Gasteiger partial charge is 0.384 e. The van der Waals surface area contributed by atoms with E-state index < -0.39 is 6.04 Å². The Labute approximate surface area is 178 Å². The predicted molar refractivity (Wildman–Crippen MR) is 116 cm³/mol. The maximum atomic E-state index is 13.1. The van der Waals surface area contributed by atoms with E-state index in [1.807, 2.05) is 6.07 Å².